The standard InChI is InChI=1S/C21H16Cl4FNO2/c1-28-20-7-12(10-27-19-5-3-14(22)8-17(19)24)6-18(25)21(20)29-11-13-2-4-15(26)9-16(13)23/h2-9,27H,10-11H2,1H3. The van der Waals surface area contributed by atoms with Crippen LogP contribution >= 0.6 is 46.4 Å². The average Bonchev–Trinajstić information content (AvgIpc) is 2.67. The molecule has 0 fully saturated rings. The number of rotatable bonds is 7. The minimum absolute atomic E-state index is 0.118. The number of anilines is 1. The Kier molecular flexibility index (Phi) is 7.36. The van der Waals surface area contributed by atoms with Crippen LogP contribution in [0.4, 0.5) is 10.1 Å². The third-order valence-corrected chi connectivity index (χ3v) is 5.27. The highest BCUT2D eigenvalue weighted by Crippen LogP contribution is 2.38. The smallest absolute Gasteiger partial charge is 0.180 e. The molecule has 0 bridgehead atoms. The number of benzene rings is 3. The molecule has 0 aliphatic heterocycles. The second-order valence-electron chi connectivity index (χ2n) is 6.11. The van der Waals surface area contributed by atoms with Gasteiger partial charge >= 0.3 is 0 Å². The summed E-state index contributed by atoms with van der Waals surface area (Å²) in [5.41, 5.74) is 2.25. The van der Waals surface area contributed by atoms with Gasteiger partial charge in [0.15, 0.2) is 11.5 Å². The van der Waals surface area contributed by atoms with Crippen LogP contribution in [0, 0.1) is 5.82 Å². The lowest BCUT2D eigenvalue weighted by atomic mass is 10.2. The van der Waals surface area contributed by atoms with Crippen LogP contribution < -0.4 is 14.8 Å². The second-order valence-corrected chi connectivity index (χ2v) is 7.77. The highest BCUT2D eigenvalue weighted by Gasteiger charge is 2.14. The number of nitrogens with one attached hydrogen (secondary N) is 1. The Morgan fingerprint density at radius 1 is 0.897 bits per heavy atom. The van der Waals surface area contributed by atoms with E-state index in [4.69, 9.17) is 55.9 Å². The third-order valence-electron chi connectivity index (χ3n) is 4.09. The molecule has 0 spiro atoms. The largest absolute Gasteiger partial charge is 0.493 e. The lowest BCUT2D eigenvalue weighted by Crippen LogP contribution is -2.03. The minimum atomic E-state index is -0.410. The van der Waals surface area contributed by atoms with E-state index < -0.39 is 5.82 Å². The number of halogens is 5. The molecule has 0 heterocycles. The van der Waals surface area contributed by atoms with Crippen LogP contribution in [0.2, 0.25) is 20.1 Å². The molecule has 0 aliphatic rings. The van der Waals surface area contributed by atoms with Crippen LogP contribution in [-0.4, -0.2) is 7.11 Å². The summed E-state index contributed by atoms with van der Waals surface area (Å²) in [5, 5.41) is 4.96. The first kappa shape index (κ1) is 21.8. The Morgan fingerprint density at radius 2 is 1.69 bits per heavy atom. The maximum Gasteiger partial charge on any atom is 0.180 e. The van der Waals surface area contributed by atoms with Crippen molar-refractivity contribution in [2.24, 2.45) is 0 Å². The fraction of sp³-hybridized carbons (Fsp3) is 0.143. The van der Waals surface area contributed by atoms with Crippen molar-refractivity contribution in [1.82, 2.24) is 0 Å². The van der Waals surface area contributed by atoms with Crippen LogP contribution in [-0.2, 0) is 13.2 Å². The topological polar surface area (TPSA) is 30.5 Å². The lowest BCUT2D eigenvalue weighted by Gasteiger charge is -2.16. The van der Waals surface area contributed by atoms with Gasteiger partial charge in [0.05, 0.1) is 27.9 Å². The molecular weight excluding hydrogens is 459 g/mol. The molecule has 29 heavy (non-hydrogen) atoms. The van der Waals surface area contributed by atoms with E-state index in [0.717, 1.165) is 11.3 Å². The van der Waals surface area contributed by atoms with E-state index in [1.54, 1.807) is 30.3 Å². The van der Waals surface area contributed by atoms with Gasteiger partial charge in [-0.25, -0.2) is 4.39 Å². The van der Waals surface area contributed by atoms with Gasteiger partial charge in [0.1, 0.15) is 12.4 Å². The molecule has 0 saturated heterocycles. The number of hydrogen-bond donors (Lipinski definition) is 1. The van der Waals surface area contributed by atoms with Crippen molar-refractivity contribution >= 4 is 52.1 Å². The third kappa shape index (κ3) is 5.61. The van der Waals surface area contributed by atoms with Gasteiger partial charge in [-0.1, -0.05) is 52.5 Å². The van der Waals surface area contributed by atoms with Gasteiger partial charge in [0, 0.05) is 17.1 Å². The van der Waals surface area contributed by atoms with Crippen LogP contribution in [0.5, 0.6) is 11.5 Å². The first-order chi connectivity index (χ1) is 13.9. The quantitative estimate of drug-likeness (QED) is 0.381. The van der Waals surface area contributed by atoms with Gasteiger partial charge < -0.3 is 14.8 Å². The van der Waals surface area contributed by atoms with E-state index in [0.29, 0.717) is 38.7 Å². The van der Waals surface area contributed by atoms with Crippen LogP contribution in [0.25, 0.3) is 0 Å². The Balaban J connectivity index is 1.74. The van der Waals surface area contributed by atoms with Gasteiger partial charge in [-0.2, -0.15) is 0 Å². The Morgan fingerprint density at radius 3 is 2.38 bits per heavy atom. The average molecular weight is 475 g/mol. The zero-order valence-corrected chi connectivity index (χ0v) is 18.3. The van der Waals surface area contributed by atoms with Gasteiger partial charge in [0.25, 0.3) is 0 Å². The summed E-state index contributed by atoms with van der Waals surface area (Å²) in [5.74, 6) is 0.435. The molecule has 152 valence electrons. The molecule has 8 heteroatoms. The van der Waals surface area contributed by atoms with E-state index >= 15 is 0 Å². The normalized spacial score (nSPS) is 10.7. The molecule has 3 aromatic rings. The molecule has 0 amide bonds. The van der Waals surface area contributed by atoms with Gasteiger partial charge in [-0.15, -0.1) is 0 Å². The number of hydrogen-bond acceptors (Lipinski definition) is 3. The SMILES string of the molecule is COc1cc(CNc2ccc(Cl)cc2Cl)cc(Cl)c1OCc1ccc(F)cc1Cl. The molecule has 3 nitrogen and oxygen atoms in total. The molecule has 0 atom stereocenters. The summed E-state index contributed by atoms with van der Waals surface area (Å²) in [6.07, 6.45) is 0. The molecule has 0 aromatic heterocycles. The molecule has 0 unspecified atom stereocenters. The summed E-state index contributed by atoms with van der Waals surface area (Å²) in [6.45, 7) is 0.578. The Labute approximate surface area is 188 Å². The summed E-state index contributed by atoms with van der Waals surface area (Å²) < 4.78 is 24.4. The van der Waals surface area contributed by atoms with E-state index in [-0.39, 0.29) is 11.6 Å². The predicted molar refractivity (Wildman–Crippen MR) is 118 cm³/mol. The van der Waals surface area contributed by atoms with Crippen molar-refractivity contribution in [3.05, 3.63) is 85.6 Å². The Bertz CT molecular complexity index is 1030. The molecule has 0 saturated carbocycles. The zero-order chi connectivity index (χ0) is 21.0. The van der Waals surface area contributed by atoms with Gasteiger partial charge in [0.2, 0.25) is 0 Å². The van der Waals surface area contributed by atoms with Crippen LogP contribution in [0.1, 0.15) is 11.1 Å². The van der Waals surface area contributed by atoms with E-state index in [9.17, 15) is 4.39 Å². The molecule has 0 aliphatic carbocycles. The number of ether oxygens (including phenoxy) is 2. The predicted octanol–water partition coefficient (Wildman–Crippen LogP) is 7.64. The lowest BCUT2D eigenvalue weighted by molar-refractivity contribution is 0.284. The molecular formula is C21H16Cl4FNO2. The maximum absolute atomic E-state index is 13.2. The van der Waals surface area contributed by atoms with Crippen LogP contribution in [0.15, 0.2) is 48.5 Å². The summed E-state index contributed by atoms with van der Waals surface area (Å²) >= 11 is 24.6. The van der Waals surface area contributed by atoms with Crippen molar-refractivity contribution in [3.8, 4) is 11.5 Å². The summed E-state index contributed by atoms with van der Waals surface area (Å²) in [6, 6.07) is 12.9. The molecule has 3 rings (SSSR count). The monoisotopic (exact) mass is 473 g/mol. The number of methoxy groups -OCH3 is 1. The van der Waals surface area contributed by atoms with Gasteiger partial charge in [-0.05, 0) is 48.0 Å². The highest BCUT2D eigenvalue weighted by molar-refractivity contribution is 6.36. The van der Waals surface area contributed by atoms with Crippen molar-refractivity contribution in [1.29, 1.82) is 0 Å². The minimum Gasteiger partial charge on any atom is -0.493 e. The molecule has 3 aromatic carbocycles. The molecule has 0 radical (unpaired) electrons. The summed E-state index contributed by atoms with van der Waals surface area (Å²) in [7, 11) is 1.52. The van der Waals surface area contributed by atoms with Crippen molar-refractivity contribution < 1.29 is 13.9 Å². The summed E-state index contributed by atoms with van der Waals surface area (Å²) in [4.78, 5) is 0. The second kappa shape index (κ2) is 9.77. The van der Waals surface area contributed by atoms with Crippen molar-refractivity contribution in [2.45, 2.75) is 13.2 Å². The fourth-order valence-corrected chi connectivity index (χ4v) is 3.62. The zero-order valence-electron chi connectivity index (χ0n) is 15.2. The first-order valence-electron chi connectivity index (χ1n) is 8.49. The Hall–Kier alpha value is -1.85. The van der Waals surface area contributed by atoms with Crippen molar-refractivity contribution in [3.63, 3.8) is 0 Å². The van der Waals surface area contributed by atoms with Crippen molar-refractivity contribution in [2.75, 3.05) is 12.4 Å². The van der Waals surface area contributed by atoms with Gasteiger partial charge in [-0.3, -0.25) is 0 Å². The maximum atomic E-state index is 13.2. The highest BCUT2D eigenvalue weighted by atomic mass is 35.5. The van der Waals surface area contributed by atoms with E-state index in [1.807, 2.05) is 6.07 Å². The first-order valence-corrected chi connectivity index (χ1v) is 10.0. The van der Waals surface area contributed by atoms with Crippen LogP contribution in [0.3, 0.4) is 0 Å². The molecule has 1 N–H and O–H groups in total. The fourth-order valence-electron chi connectivity index (χ4n) is 2.63. The van der Waals surface area contributed by atoms with E-state index in [1.165, 1.54) is 19.2 Å². The van der Waals surface area contributed by atoms with E-state index in [2.05, 4.69) is 5.32 Å².